The third-order valence-corrected chi connectivity index (χ3v) is 5.09. The van der Waals surface area contributed by atoms with E-state index in [1.807, 2.05) is 47.4 Å². The summed E-state index contributed by atoms with van der Waals surface area (Å²) in [7, 11) is 3.23. The van der Waals surface area contributed by atoms with Crippen molar-refractivity contribution in [1.82, 2.24) is 9.80 Å². The van der Waals surface area contributed by atoms with Crippen LogP contribution in [0.5, 0.6) is 17.2 Å². The van der Waals surface area contributed by atoms with Crippen molar-refractivity contribution >= 4 is 5.91 Å². The number of para-hydroxylation sites is 2. The summed E-state index contributed by atoms with van der Waals surface area (Å²) >= 11 is 0. The van der Waals surface area contributed by atoms with Gasteiger partial charge in [-0.25, -0.2) is 0 Å². The summed E-state index contributed by atoms with van der Waals surface area (Å²) < 4.78 is 16.7. The second-order valence-corrected chi connectivity index (χ2v) is 6.69. The average molecular weight is 384 g/mol. The zero-order valence-corrected chi connectivity index (χ0v) is 16.8. The van der Waals surface area contributed by atoms with E-state index >= 15 is 0 Å². The van der Waals surface area contributed by atoms with Gasteiger partial charge in [-0.3, -0.25) is 4.79 Å². The van der Waals surface area contributed by atoms with Gasteiger partial charge in [-0.2, -0.15) is 0 Å². The van der Waals surface area contributed by atoms with E-state index in [9.17, 15) is 4.79 Å². The molecule has 6 heteroatoms. The normalized spacial score (nSPS) is 14.6. The van der Waals surface area contributed by atoms with Crippen molar-refractivity contribution in [2.75, 3.05) is 46.9 Å². The predicted molar refractivity (Wildman–Crippen MR) is 108 cm³/mol. The van der Waals surface area contributed by atoms with Crippen LogP contribution >= 0.6 is 0 Å². The van der Waals surface area contributed by atoms with Gasteiger partial charge in [0, 0.05) is 37.3 Å². The molecule has 0 bridgehead atoms. The second-order valence-electron chi connectivity index (χ2n) is 6.69. The standard InChI is InChI=1S/C22H28N2O4/c1-4-23-11-13-24(14-12-23)22(25)17-9-10-19(26-2)18(15-17)16-28-21-8-6-5-7-20(21)27-3/h5-10,15H,4,11-14,16H2,1-3H3. The van der Waals surface area contributed by atoms with Gasteiger partial charge in [0.1, 0.15) is 12.4 Å². The molecule has 0 unspecified atom stereocenters. The molecule has 3 rings (SSSR count). The fourth-order valence-electron chi connectivity index (χ4n) is 3.37. The Kier molecular flexibility index (Phi) is 6.76. The summed E-state index contributed by atoms with van der Waals surface area (Å²) in [5.74, 6) is 2.07. The molecular formula is C22H28N2O4. The number of methoxy groups -OCH3 is 2. The molecule has 1 heterocycles. The number of hydrogen-bond donors (Lipinski definition) is 0. The monoisotopic (exact) mass is 384 g/mol. The summed E-state index contributed by atoms with van der Waals surface area (Å²) in [5.41, 5.74) is 1.48. The Morgan fingerprint density at radius 3 is 2.25 bits per heavy atom. The van der Waals surface area contributed by atoms with Crippen molar-refractivity contribution < 1.29 is 19.0 Å². The van der Waals surface area contributed by atoms with E-state index in [4.69, 9.17) is 14.2 Å². The van der Waals surface area contributed by atoms with Crippen molar-refractivity contribution in [1.29, 1.82) is 0 Å². The van der Waals surface area contributed by atoms with E-state index in [1.165, 1.54) is 0 Å². The first-order chi connectivity index (χ1) is 13.7. The number of rotatable bonds is 7. The first-order valence-electron chi connectivity index (χ1n) is 9.60. The molecule has 6 nitrogen and oxygen atoms in total. The lowest BCUT2D eigenvalue weighted by molar-refractivity contribution is 0.0643. The molecule has 0 radical (unpaired) electrons. The topological polar surface area (TPSA) is 51.2 Å². The number of ether oxygens (including phenoxy) is 3. The maximum Gasteiger partial charge on any atom is 0.253 e. The van der Waals surface area contributed by atoms with Crippen LogP contribution in [0.3, 0.4) is 0 Å². The van der Waals surface area contributed by atoms with E-state index in [0.717, 1.165) is 38.3 Å². The van der Waals surface area contributed by atoms with Gasteiger partial charge in [0.15, 0.2) is 11.5 Å². The Balaban J connectivity index is 1.73. The molecular weight excluding hydrogens is 356 g/mol. The molecule has 1 aliphatic rings. The van der Waals surface area contributed by atoms with Crippen LogP contribution in [0.2, 0.25) is 0 Å². The number of likely N-dealkylation sites (N-methyl/N-ethyl adjacent to an activating group) is 1. The molecule has 0 spiro atoms. The van der Waals surface area contributed by atoms with Crippen LogP contribution in [0.15, 0.2) is 42.5 Å². The first kappa shape index (κ1) is 20.0. The molecule has 1 fully saturated rings. The highest BCUT2D eigenvalue weighted by molar-refractivity contribution is 5.94. The molecule has 1 saturated heterocycles. The molecule has 0 aliphatic carbocycles. The van der Waals surface area contributed by atoms with E-state index in [-0.39, 0.29) is 12.5 Å². The summed E-state index contributed by atoms with van der Waals surface area (Å²) in [6, 6.07) is 13.0. The van der Waals surface area contributed by atoms with Crippen molar-refractivity contribution in [2.45, 2.75) is 13.5 Å². The number of hydrogen-bond acceptors (Lipinski definition) is 5. The highest BCUT2D eigenvalue weighted by Gasteiger charge is 2.22. The number of nitrogens with zero attached hydrogens (tertiary/aromatic N) is 2. The zero-order valence-electron chi connectivity index (χ0n) is 16.8. The minimum absolute atomic E-state index is 0.0527. The van der Waals surface area contributed by atoms with Gasteiger partial charge < -0.3 is 24.0 Å². The average Bonchev–Trinajstić information content (AvgIpc) is 2.77. The Labute approximate surface area is 166 Å². The molecule has 28 heavy (non-hydrogen) atoms. The van der Waals surface area contributed by atoms with Crippen LogP contribution in [-0.4, -0.2) is 62.7 Å². The van der Waals surface area contributed by atoms with Crippen molar-refractivity contribution in [3.8, 4) is 17.2 Å². The fourth-order valence-corrected chi connectivity index (χ4v) is 3.37. The molecule has 1 aliphatic heterocycles. The number of benzene rings is 2. The Hall–Kier alpha value is -2.73. The highest BCUT2D eigenvalue weighted by atomic mass is 16.5. The Morgan fingerprint density at radius 2 is 1.61 bits per heavy atom. The van der Waals surface area contributed by atoms with E-state index in [2.05, 4.69) is 11.8 Å². The summed E-state index contributed by atoms with van der Waals surface area (Å²) in [6.45, 7) is 6.81. The molecule has 0 aromatic heterocycles. The van der Waals surface area contributed by atoms with E-state index in [1.54, 1.807) is 14.2 Å². The van der Waals surface area contributed by atoms with Crippen LogP contribution < -0.4 is 14.2 Å². The fraction of sp³-hybridized carbons (Fsp3) is 0.409. The maximum absolute atomic E-state index is 12.9. The van der Waals surface area contributed by atoms with Crippen LogP contribution in [0.1, 0.15) is 22.8 Å². The largest absolute Gasteiger partial charge is 0.496 e. The number of carbonyl (C=O) groups is 1. The lowest BCUT2D eigenvalue weighted by atomic mass is 10.1. The lowest BCUT2D eigenvalue weighted by Gasteiger charge is -2.34. The number of piperazine rings is 1. The molecule has 0 atom stereocenters. The van der Waals surface area contributed by atoms with Crippen LogP contribution in [0, 0.1) is 0 Å². The maximum atomic E-state index is 12.9. The van der Waals surface area contributed by atoms with E-state index in [0.29, 0.717) is 22.8 Å². The van der Waals surface area contributed by atoms with Crippen molar-refractivity contribution in [3.63, 3.8) is 0 Å². The van der Waals surface area contributed by atoms with Gasteiger partial charge >= 0.3 is 0 Å². The Morgan fingerprint density at radius 1 is 0.929 bits per heavy atom. The zero-order chi connectivity index (χ0) is 19.9. The molecule has 0 saturated carbocycles. The van der Waals surface area contributed by atoms with Gasteiger partial charge in [0.2, 0.25) is 0 Å². The first-order valence-corrected chi connectivity index (χ1v) is 9.60. The van der Waals surface area contributed by atoms with E-state index < -0.39 is 0 Å². The third-order valence-electron chi connectivity index (χ3n) is 5.09. The summed E-state index contributed by atoms with van der Waals surface area (Å²) in [4.78, 5) is 17.2. The molecule has 0 N–H and O–H groups in total. The van der Waals surface area contributed by atoms with Gasteiger partial charge in [0.05, 0.1) is 14.2 Å². The SMILES string of the molecule is CCN1CCN(C(=O)c2ccc(OC)c(COc3ccccc3OC)c2)CC1. The minimum Gasteiger partial charge on any atom is -0.496 e. The molecule has 2 aromatic rings. The minimum atomic E-state index is 0.0527. The number of carbonyl (C=O) groups excluding carboxylic acids is 1. The van der Waals surface area contributed by atoms with Crippen molar-refractivity contribution in [2.24, 2.45) is 0 Å². The third kappa shape index (κ3) is 4.57. The molecule has 150 valence electrons. The van der Waals surface area contributed by atoms with Gasteiger partial charge in [-0.1, -0.05) is 19.1 Å². The van der Waals surface area contributed by atoms with Crippen LogP contribution in [0.4, 0.5) is 0 Å². The lowest BCUT2D eigenvalue weighted by Crippen LogP contribution is -2.48. The molecule has 2 aromatic carbocycles. The quantitative estimate of drug-likeness (QED) is 0.734. The van der Waals surface area contributed by atoms with Gasteiger partial charge in [0.25, 0.3) is 5.91 Å². The predicted octanol–water partition coefficient (Wildman–Crippen LogP) is 3.06. The Bertz CT molecular complexity index is 801. The van der Waals surface area contributed by atoms with Crippen molar-refractivity contribution in [3.05, 3.63) is 53.6 Å². The summed E-state index contributed by atoms with van der Waals surface area (Å²) in [5, 5.41) is 0. The van der Waals surface area contributed by atoms with Gasteiger partial charge in [-0.15, -0.1) is 0 Å². The highest BCUT2D eigenvalue weighted by Crippen LogP contribution is 2.29. The van der Waals surface area contributed by atoms with Gasteiger partial charge in [-0.05, 0) is 36.9 Å². The van der Waals surface area contributed by atoms with Crippen LogP contribution in [0.25, 0.3) is 0 Å². The van der Waals surface area contributed by atoms with Crippen LogP contribution in [-0.2, 0) is 6.61 Å². The second kappa shape index (κ2) is 9.46. The number of amides is 1. The summed E-state index contributed by atoms with van der Waals surface area (Å²) in [6.07, 6.45) is 0. The molecule has 1 amide bonds. The smallest absolute Gasteiger partial charge is 0.253 e.